The van der Waals surface area contributed by atoms with Gasteiger partial charge in [-0.3, -0.25) is 9.69 Å². The van der Waals surface area contributed by atoms with Crippen molar-refractivity contribution in [2.24, 2.45) is 11.3 Å². The molecule has 6 nitrogen and oxygen atoms in total. The van der Waals surface area contributed by atoms with Crippen LogP contribution in [0.15, 0.2) is 11.5 Å². The first kappa shape index (κ1) is 16.5. The molecule has 19 heavy (non-hydrogen) atoms. The molecule has 0 aliphatic carbocycles. The van der Waals surface area contributed by atoms with E-state index in [9.17, 15) is 19.8 Å². The van der Waals surface area contributed by atoms with E-state index in [1.54, 1.807) is 20.8 Å². The maximum atomic E-state index is 11.8. The summed E-state index contributed by atoms with van der Waals surface area (Å²) in [7, 11) is 0. The molecule has 7 heteroatoms. The molecule has 0 aromatic carbocycles. The molecule has 0 saturated carbocycles. The molecule has 2 aliphatic rings. The number of hydrogen-bond donors (Lipinski definition) is 1. The number of nitrogens with zero attached hydrogens (tertiary/aromatic N) is 1. The van der Waals surface area contributed by atoms with Crippen molar-refractivity contribution in [1.29, 1.82) is 0 Å². The van der Waals surface area contributed by atoms with Crippen LogP contribution in [0.2, 0.25) is 0 Å². The fraction of sp³-hybridized carbons (Fsp3) is 0.667. The van der Waals surface area contributed by atoms with Crippen LogP contribution in [0.5, 0.6) is 0 Å². The summed E-state index contributed by atoms with van der Waals surface area (Å²) in [5, 5.41) is 20.7. The summed E-state index contributed by atoms with van der Waals surface area (Å²) >= 11 is 0. The Balaban J connectivity index is 0.00000180. The van der Waals surface area contributed by atoms with E-state index in [2.05, 4.69) is 0 Å². The molecule has 1 amide bonds. The maximum Gasteiger partial charge on any atom is 1.00 e. The Morgan fingerprint density at radius 1 is 1.47 bits per heavy atom. The van der Waals surface area contributed by atoms with Gasteiger partial charge in [0.05, 0.1) is 12.1 Å². The number of carboxylic acids is 1. The van der Waals surface area contributed by atoms with Crippen molar-refractivity contribution in [3.63, 3.8) is 0 Å². The Morgan fingerprint density at radius 2 is 2.00 bits per heavy atom. The smallest absolute Gasteiger partial charge is 0.543 e. The van der Waals surface area contributed by atoms with Gasteiger partial charge < -0.3 is 19.7 Å². The first-order valence-electron chi connectivity index (χ1n) is 5.80. The van der Waals surface area contributed by atoms with Crippen LogP contribution in [-0.4, -0.2) is 34.2 Å². The molecule has 0 aromatic heterocycles. The Bertz CT molecular complexity index is 452. The van der Waals surface area contributed by atoms with Gasteiger partial charge >= 0.3 is 29.6 Å². The first-order chi connectivity index (χ1) is 8.16. The molecule has 0 unspecified atom stereocenters. The Morgan fingerprint density at radius 3 is 2.37 bits per heavy atom. The van der Waals surface area contributed by atoms with E-state index in [4.69, 9.17) is 4.74 Å². The Labute approximate surface area is 133 Å². The summed E-state index contributed by atoms with van der Waals surface area (Å²) in [6, 6.07) is 0. The number of allylic oxidation sites excluding steroid dienone is 1. The standard InChI is InChI=1S/C12H17NO5.Na/c1-5(14)6-9(15)13-7(11(16)17)8(12(2,3)4)18-10(6)13;/h5-6,10,14H,1-4H3,(H,16,17);/q;+1/p-1/t5-,6+,10-;/m1./s1. The monoisotopic (exact) mass is 277 g/mol. The van der Waals surface area contributed by atoms with E-state index in [0.29, 0.717) is 0 Å². The van der Waals surface area contributed by atoms with Gasteiger partial charge in [-0.1, -0.05) is 20.8 Å². The molecular formula is C12H16NNaO5. The van der Waals surface area contributed by atoms with E-state index in [-0.39, 0.29) is 41.0 Å². The van der Waals surface area contributed by atoms with Crippen molar-refractivity contribution in [1.82, 2.24) is 4.90 Å². The fourth-order valence-electron chi connectivity index (χ4n) is 2.30. The van der Waals surface area contributed by atoms with Crippen LogP contribution in [0.1, 0.15) is 27.7 Å². The number of rotatable bonds is 2. The minimum atomic E-state index is -1.43. The average molecular weight is 277 g/mol. The van der Waals surface area contributed by atoms with Gasteiger partial charge in [0.1, 0.15) is 17.4 Å². The topological polar surface area (TPSA) is 89.9 Å². The molecule has 0 radical (unpaired) electrons. The van der Waals surface area contributed by atoms with Crippen LogP contribution < -0.4 is 34.7 Å². The van der Waals surface area contributed by atoms with Crippen LogP contribution >= 0.6 is 0 Å². The zero-order valence-corrected chi connectivity index (χ0v) is 13.8. The van der Waals surface area contributed by atoms with E-state index in [1.165, 1.54) is 6.92 Å². The molecular weight excluding hydrogens is 261 g/mol. The largest absolute Gasteiger partial charge is 1.00 e. The number of carbonyl (C=O) groups is 2. The minimum absolute atomic E-state index is 0. The quantitative estimate of drug-likeness (QED) is 0.413. The summed E-state index contributed by atoms with van der Waals surface area (Å²) in [5.74, 6) is -2.35. The summed E-state index contributed by atoms with van der Waals surface area (Å²) in [6.07, 6.45) is -1.60. The summed E-state index contributed by atoms with van der Waals surface area (Å²) in [5.41, 5.74) is -0.759. The van der Waals surface area contributed by atoms with Crippen molar-refractivity contribution in [2.45, 2.75) is 40.0 Å². The third kappa shape index (κ3) is 2.42. The molecule has 1 saturated heterocycles. The number of fused-ring (bicyclic) bond motifs is 1. The second kappa shape index (κ2) is 5.09. The average Bonchev–Trinajstić information content (AvgIpc) is 2.51. The molecule has 2 aliphatic heterocycles. The molecule has 0 aromatic rings. The van der Waals surface area contributed by atoms with Gasteiger partial charge in [0.2, 0.25) is 5.91 Å². The maximum absolute atomic E-state index is 11.8. The number of carbonyl (C=O) groups excluding carboxylic acids is 2. The Kier molecular flexibility index (Phi) is 4.42. The Hall–Kier alpha value is -0.560. The number of aliphatic hydroxyl groups excluding tert-OH is 1. The third-order valence-corrected chi connectivity index (χ3v) is 3.17. The van der Waals surface area contributed by atoms with Gasteiger partial charge in [0.15, 0.2) is 6.23 Å². The molecule has 1 fully saturated rings. The number of aliphatic hydroxyl groups is 1. The number of β-lactam (4-membered cyclic amide) rings is 1. The van der Waals surface area contributed by atoms with Crippen LogP contribution in [0.25, 0.3) is 0 Å². The molecule has 2 rings (SSSR count). The zero-order chi connectivity index (χ0) is 13.8. The summed E-state index contributed by atoms with van der Waals surface area (Å²) in [6.45, 7) is 6.86. The zero-order valence-electron chi connectivity index (χ0n) is 11.8. The van der Waals surface area contributed by atoms with Crippen molar-refractivity contribution in [3.05, 3.63) is 11.5 Å². The molecule has 2 heterocycles. The summed E-state index contributed by atoms with van der Waals surface area (Å²) < 4.78 is 5.55. The van der Waals surface area contributed by atoms with E-state index >= 15 is 0 Å². The van der Waals surface area contributed by atoms with Crippen molar-refractivity contribution >= 4 is 11.9 Å². The molecule has 0 spiro atoms. The normalized spacial score (nSPS) is 27.2. The van der Waals surface area contributed by atoms with Crippen LogP contribution in [0.3, 0.4) is 0 Å². The second-order valence-corrected chi connectivity index (χ2v) is 5.70. The first-order valence-corrected chi connectivity index (χ1v) is 5.80. The number of ether oxygens (including phenoxy) is 1. The second-order valence-electron chi connectivity index (χ2n) is 5.70. The minimum Gasteiger partial charge on any atom is -0.543 e. The number of hydrogen-bond acceptors (Lipinski definition) is 5. The van der Waals surface area contributed by atoms with Gasteiger partial charge in [0.25, 0.3) is 0 Å². The fourth-order valence-corrected chi connectivity index (χ4v) is 2.30. The molecule has 0 bridgehead atoms. The van der Waals surface area contributed by atoms with E-state index < -0.39 is 35.5 Å². The summed E-state index contributed by atoms with van der Waals surface area (Å²) in [4.78, 5) is 24.1. The van der Waals surface area contributed by atoms with E-state index in [1.807, 2.05) is 0 Å². The number of carboxylic acid groups (broad SMARTS) is 1. The van der Waals surface area contributed by atoms with Gasteiger partial charge in [-0.15, -0.1) is 0 Å². The third-order valence-electron chi connectivity index (χ3n) is 3.17. The van der Waals surface area contributed by atoms with Gasteiger partial charge in [-0.25, -0.2) is 0 Å². The van der Waals surface area contributed by atoms with Crippen LogP contribution in [0, 0.1) is 11.3 Å². The molecule has 100 valence electrons. The predicted octanol–water partition coefficient (Wildman–Crippen LogP) is -3.81. The van der Waals surface area contributed by atoms with E-state index in [0.717, 1.165) is 4.90 Å². The number of aliphatic carboxylic acids is 1. The van der Waals surface area contributed by atoms with Crippen molar-refractivity contribution in [2.75, 3.05) is 0 Å². The van der Waals surface area contributed by atoms with Gasteiger partial charge in [0, 0.05) is 5.41 Å². The van der Waals surface area contributed by atoms with Crippen LogP contribution in [0.4, 0.5) is 0 Å². The SMILES string of the molecule is C[C@@H](O)[C@H]1C(=O)N2C(C(=O)[O-])=C(C(C)(C)C)O[C@H]12.[Na+]. The van der Waals surface area contributed by atoms with Crippen molar-refractivity contribution < 1.29 is 54.1 Å². The number of amides is 1. The predicted molar refractivity (Wildman–Crippen MR) is 58.4 cm³/mol. The van der Waals surface area contributed by atoms with Crippen LogP contribution in [-0.2, 0) is 14.3 Å². The molecule has 1 N–H and O–H groups in total. The van der Waals surface area contributed by atoms with Gasteiger partial charge in [-0.2, -0.15) is 0 Å². The van der Waals surface area contributed by atoms with Crippen molar-refractivity contribution in [3.8, 4) is 0 Å². The van der Waals surface area contributed by atoms with Gasteiger partial charge in [-0.05, 0) is 6.92 Å². The molecule has 3 atom stereocenters.